The molecule has 1 aliphatic carbocycles. The van der Waals surface area contributed by atoms with Gasteiger partial charge in [-0.1, -0.05) is 24.8 Å². The van der Waals surface area contributed by atoms with E-state index in [-0.39, 0.29) is 5.41 Å². The summed E-state index contributed by atoms with van der Waals surface area (Å²) in [6.45, 7) is 4.97. The summed E-state index contributed by atoms with van der Waals surface area (Å²) in [5, 5.41) is 5.62. The Morgan fingerprint density at radius 1 is 1.14 bits per heavy atom. The molecule has 5 heteroatoms. The number of carbonyl (C=O) groups excluding carboxylic acids is 1. The smallest absolute Gasteiger partial charge is 0.237 e. The molecule has 1 aromatic heterocycles. The van der Waals surface area contributed by atoms with E-state index in [0.717, 1.165) is 68.4 Å². The lowest BCUT2D eigenvalue weighted by Crippen LogP contribution is -2.41. The van der Waals surface area contributed by atoms with Gasteiger partial charge in [0.1, 0.15) is 0 Å². The maximum absolute atomic E-state index is 13.5. The van der Waals surface area contributed by atoms with E-state index in [4.69, 9.17) is 0 Å². The normalized spacial score (nSPS) is 24.0. The zero-order chi connectivity index (χ0) is 20.0. The van der Waals surface area contributed by atoms with Crippen LogP contribution in [0.1, 0.15) is 75.6 Å². The first-order chi connectivity index (χ1) is 14.1. The Kier molecular flexibility index (Phi) is 4.49. The maximum Gasteiger partial charge on any atom is 0.237 e. The molecule has 1 aromatic carbocycles. The van der Waals surface area contributed by atoms with Gasteiger partial charge >= 0.3 is 0 Å². The molecule has 2 N–H and O–H groups in total. The zero-order valence-corrected chi connectivity index (χ0v) is 17.5. The number of aryl methyl sites for hydroxylation is 1. The van der Waals surface area contributed by atoms with Gasteiger partial charge in [-0.2, -0.15) is 5.10 Å². The number of benzene rings is 1. The number of anilines is 1. The highest BCUT2D eigenvalue weighted by Gasteiger charge is 2.50. The van der Waals surface area contributed by atoms with Crippen molar-refractivity contribution in [2.45, 2.75) is 70.6 Å². The number of hydrogen-bond acceptors (Lipinski definition) is 3. The van der Waals surface area contributed by atoms with Crippen LogP contribution in [-0.4, -0.2) is 23.7 Å². The van der Waals surface area contributed by atoms with Crippen LogP contribution in [0.4, 0.5) is 5.69 Å². The highest BCUT2D eigenvalue weighted by Crippen LogP contribution is 2.51. The third kappa shape index (κ3) is 2.82. The van der Waals surface area contributed by atoms with Crippen molar-refractivity contribution >= 4 is 28.7 Å². The largest absolute Gasteiger partial charge is 0.353 e. The van der Waals surface area contributed by atoms with Crippen LogP contribution in [0.15, 0.2) is 29.0 Å². The van der Waals surface area contributed by atoms with Crippen LogP contribution in [0.5, 0.6) is 0 Å². The van der Waals surface area contributed by atoms with Crippen LogP contribution < -0.4 is 10.3 Å². The Hall–Kier alpha value is -2.56. The number of hydrazone groups is 1. The van der Waals surface area contributed by atoms with Crippen molar-refractivity contribution in [3.05, 3.63) is 40.7 Å². The molecule has 1 amide bonds. The number of rotatable bonds is 1. The first-order valence-electron chi connectivity index (χ1n) is 11.1. The van der Waals surface area contributed by atoms with E-state index in [2.05, 4.69) is 41.5 Å². The van der Waals surface area contributed by atoms with E-state index in [0.29, 0.717) is 5.91 Å². The molecule has 29 heavy (non-hydrogen) atoms. The molecule has 3 aliphatic rings. The number of aromatic amines is 1. The van der Waals surface area contributed by atoms with Crippen LogP contribution in [0.2, 0.25) is 0 Å². The van der Waals surface area contributed by atoms with Crippen LogP contribution >= 0.6 is 0 Å². The van der Waals surface area contributed by atoms with Crippen LogP contribution in [0.3, 0.4) is 0 Å². The lowest BCUT2D eigenvalue weighted by atomic mass is 9.70. The van der Waals surface area contributed by atoms with Gasteiger partial charge < -0.3 is 9.88 Å². The average molecular weight is 391 g/mol. The van der Waals surface area contributed by atoms with E-state index in [9.17, 15) is 4.79 Å². The molecule has 1 fully saturated rings. The Balaban J connectivity index is 1.66. The van der Waals surface area contributed by atoms with Crippen molar-refractivity contribution in [2.75, 3.05) is 11.4 Å². The quantitative estimate of drug-likeness (QED) is 0.727. The minimum Gasteiger partial charge on any atom is -0.353 e. The van der Waals surface area contributed by atoms with Crippen molar-refractivity contribution in [1.29, 1.82) is 0 Å². The number of nitrogens with zero attached hydrogens (tertiary/aromatic N) is 2. The van der Waals surface area contributed by atoms with Crippen molar-refractivity contribution in [3.63, 3.8) is 0 Å². The molecule has 0 unspecified atom stereocenters. The Labute approximate surface area is 172 Å². The van der Waals surface area contributed by atoms with Gasteiger partial charge in [-0.3, -0.25) is 10.2 Å². The predicted octanol–water partition coefficient (Wildman–Crippen LogP) is 4.90. The second kappa shape index (κ2) is 7.05. The highest BCUT2D eigenvalue weighted by atomic mass is 16.2. The molecule has 3 heterocycles. The Morgan fingerprint density at radius 3 is 2.76 bits per heavy atom. The zero-order valence-electron chi connectivity index (χ0n) is 17.5. The fourth-order valence-electron chi connectivity index (χ4n) is 5.59. The molecule has 0 radical (unpaired) electrons. The molecular weight excluding hydrogens is 360 g/mol. The summed E-state index contributed by atoms with van der Waals surface area (Å²) in [6.07, 6.45) is 12.6. The first kappa shape index (κ1) is 18.5. The van der Waals surface area contributed by atoms with Gasteiger partial charge in [-0.15, -0.1) is 0 Å². The molecule has 1 saturated carbocycles. The minimum atomic E-state index is -0.303. The highest BCUT2D eigenvalue weighted by molar-refractivity contribution is 6.11. The molecule has 2 aromatic rings. The van der Waals surface area contributed by atoms with Gasteiger partial charge in [0.15, 0.2) is 0 Å². The number of fused-ring (bicyclic) bond motifs is 5. The summed E-state index contributed by atoms with van der Waals surface area (Å²) in [5.41, 5.74) is 9.96. The molecule has 0 saturated heterocycles. The van der Waals surface area contributed by atoms with E-state index in [1.165, 1.54) is 28.5 Å². The summed E-state index contributed by atoms with van der Waals surface area (Å²) in [5.74, 6) is 0.324. The third-order valence-electron chi connectivity index (χ3n) is 7.12. The maximum atomic E-state index is 13.5. The minimum absolute atomic E-state index is 0.303. The molecule has 5 nitrogen and oxygen atoms in total. The van der Waals surface area contributed by atoms with Gasteiger partial charge in [-0.25, -0.2) is 0 Å². The van der Waals surface area contributed by atoms with Crippen molar-refractivity contribution in [1.82, 2.24) is 10.4 Å². The number of allylic oxidation sites excluding steroid dienone is 1. The molecule has 0 bridgehead atoms. The van der Waals surface area contributed by atoms with E-state index in [1.807, 2.05) is 17.3 Å². The van der Waals surface area contributed by atoms with Gasteiger partial charge in [-0.05, 0) is 69.2 Å². The molecular formula is C24H30N4O. The predicted molar refractivity (Wildman–Crippen MR) is 119 cm³/mol. The summed E-state index contributed by atoms with van der Waals surface area (Å²) < 4.78 is 0. The van der Waals surface area contributed by atoms with Crippen molar-refractivity contribution in [2.24, 2.45) is 5.10 Å². The Morgan fingerprint density at radius 2 is 1.97 bits per heavy atom. The molecule has 0 atom stereocenters. The van der Waals surface area contributed by atoms with E-state index < -0.39 is 0 Å². The fourth-order valence-corrected chi connectivity index (χ4v) is 5.59. The second-order valence-corrected chi connectivity index (χ2v) is 8.86. The summed E-state index contributed by atoms with van der Waals surface area (Å²) in [7, 11) is 0. The number of carbonyl (C=O) groups is 1. The monoisotopic (exact) mass is 390 g/mol. The first-order valence-corrected chi connectivity index (χ1v) is 11.1. The number of hydrogen-bond donors (Lipinski definition) is 2. The summed E-state index contributed by atoms with van der Waals surface area (Å²) >= 11 is 0. The summed E-state index contributed by atoms with van der Waals surface area (Å²) in [6, 6.07) is 4.56. The van der Waals surface area contributed by atoms with Gasteiger partial charge in [0.2, 0.25) is 5.91 Å². The van der Waals surface area contributed by atoms with Crippen molar-refractivity contribution in [3.8, 4) is 0 Å². The number of amides is 1. The van der Waals surface area contributed by atoms with Crippen molar-refractivity contribution < 1.29 is 4.79 Å². The van der Waals surface area contributed by atoms with E-state index >= 15 is 0 Å². The lowest BCUT2D eigenvalue weighted by Gasteiger charge is -2.32. The van der Waals surface area contributed by atoms with Crippen LogP contribution in [0.25, 0.3) is 10.9 Å². The SMILES string of the molecule is CCN1C(=O)C2(CCCCC2)c2cc3[nH]c4c(c3cc21)CCC/C(C)=C/N/N=C/4. The number of nitrogens with one attached hydrogen (secondary N) is 2. The topological polar surface area (TPSA) is 60.5 Å². The number of H-pyrrole nitrogens is 1. The number of aromatic nitrogens is 1. The van der Waals surface area contributed by atoms with E-state index in [1.54, 1.807) is 0 Å². The molecule has 2 aliphatic heterocycles. The second-order valence-electron chi connectivity index (χ2n) is 8.86. The lowest BCUT2D eigenvalue weighted by molar-refractivity contribution is -0.124. The third-order valence-corrected chi connectivity index (χ3v) is 7.12. The molecule has 1 spiro atoms. The summed E-state index contributed by atoms with van der Waals surface area (Å²) in [4.78, 5) is 19.1. The fraction of sp³-hybridized carbons (Fsp3) is 0.500. The van der Waals surface area contributed by atoms with Gasteiger partial charge in [0.05, 0.1) is 17.3 Å². The van der Waals surface area contributed by atoms with Gasteiger partial charge in [0.25, 0.3) is 0 Å². The molecule has 152 valence electrons. The van der Waals surface area contributed by atoms with Crippen LogP contribution in [-0.2, 0) is 16.6 Å². The number of likely N-dealkylation sites (N-methyl/N-ethyl adjacent to an activating group) is 1. The molecule has 5 rings (SSSR count). The van der Waals surface area contributed by atoms with Crippen LogP contribution in [0, 0.1) is 0 Å². The Bertz CT molecular complexity index is 1020. The van der Waals surface area contributed by atoms with Gasteiger partial charge in [0, 0.05) is 29.3 Å². The standard InChI is InChI=1S/C24H30N4O/c1-3-28-22-12-18-17-9-7-8-16(2)14-25-26-15-21(17)27-20(18)13-19(22)24(23(28)29)10-5-4-6-11-24/h12-15,25,27H,3-11H2,1-2H3/b16-14+,26-15+. The average Bonchev–Trinajstić information content (AvgIpc) is 3.18.